The van der Waals surface area contributed by atoms with E-state index in [1.807, 2.05) is 6.08 Å². The van der Waals surface area contributed by atoms with Crippen molar-refractivity contribution in [1.82, 2.24) is 0 Å². The Morgan fingerprint density at radius 1 is 0.453 bits per heavy atom. The van der Waals surface area contributed by atoms with Crippen molar-refractivity contribution >= 4 is 23.9 Å². The lowest BCUT2D eigenvalue weighted by molar-refractivity contribution is -0.301. The number of carboxylic acid groups (broad SMARTS) is 1. The average molecular weight is 1050 g/mol. The van der Waals surface area contributed by atoms with Crippen LogP contribution in [0, 0.1) is 0 Å². The average Bonchev–Trinajstić information content (AvgIpc) is 3.39. The summed E-state index contributed by atoms with van der Waals surface area (Å²) in [4.78, 5) is 51.0. The minimum absolute atomic E-state index is 0.0483. The zero-order valence-corrected chi connectivity index (χ0v) is 47.0. The summed E-state index contributed by atoms with van der Waals surface area (Å²) < 4.78 is 28.3. The third-order valence-electron chi connectivity index (χ3n) is 13.0. The molecular formula is C63H104O12. The Morgan fingerprint density at radius 3 is 1.35 bits per heavy atom. The molecule has 0 aromatic carbocycles. The van der Waals surface area contributed by atoms with E-state index in [2.05, 4.69) is 99.8 Å². The van der Waals surface area contributed by atoms with E-state index < -0.39 is 67.3 Å². The summed E-state index contributed by atoms with van der Waals surface area (Å²) in [6.07, 6.45) is 52.8. The van der Waals surface area contributed by atoms with E-state index >= 15 is 0 Å². The summed E-state index contributed by atoms with van der Waals surface area (Å²) in [5.41, 5.74) is 0. The molecule has 75 heavy (non-hydrogen) atoms. The van der Waals surface area contributed by atoms with Crippen molar-refractivity contribution in [3.8, 4) is 0 Å². The second kappa shape index (κ2) is 50.7. The Bertz CT molecular complexity index is 1630. The van der Waals surface area contributed by atoms with Crippen molar-refractivity contribution in [2.24, 2.45) is 0 Å². The number of carbonyl (C=O) groups excluding carboxylic acids is 3. The van der Waals surface area contributed by atoms with Gasteiger partial charge in [-0.3, -0.25) is 14.4 Å². The molecule has 1 saturated heterocycles. The molecule has 0 radical (unpaired) electrons. The van der Waals surface area contributed by atoms with Gasteiger partial charge in [0, 0.05) is 19.3 Å². The molecule has 1 rings (SSSR count). The summed E-state index contributed by atoms with van der Waals surface area (Å²) >= 11 is 0. The highest BCUT2D eigenvalue weighted by Crippen LogP contribution is 2.26. The van der Waals surface area contributed by atoms with Crippen LogP contribution in [0.25, 0.3) is 0 Å². The molecule has 1 fully saturated rings. The number of carbonyl (C=O) groups is 4. The molecule has 3 N–H and O–H groups in total. The second-order valence-corrected chi connectivity index (χ2v) is 19.9. The topological polar surface area (TPSA) is 175 Å². The number of esters is 3. The van der Waals surface area contributed by atoms with E-state index in [1.54, 1.807) is 0 Å². The first-order valence-electron chi connectivity index (χ1n) is 29.6. The normalized spacial score (nSPS) is 18.8. The van der Waals surface area contributed by atoms with Gasteiger partial charge in [-0.2, -0.15) is 0 Å². The Morgan fingerprint density at radius 2 is 0.853 bits per heavy atom. The highest BCUT2D eigenvalue weighted by atomic mass is 16.7. The van der Waals surface area contributed by atoms with Crippen LogP contribution in [0.2, 0.25) is 0 Å². The summed E-state index contributed by atoms with van der Waals surface area (Å²) in [6, 6.07) is 0. The van der Waals surface area contributed by atoms with Gasteiger partial charge in [0.1, 0.15) is 18.8 Å². The fraction of sp³-hybridized carbons (Fsp3) is 0.714. The zero-order valence-electron chi connectivity index (χ0n) is 47.0. The SMILES string of the molecule is CC/C=C\C/C=C\C/C=C\C/C=C\C/C=C\CCCC(=O)OCC(COC1OC(C(=O)O)C(O)C(O)C1OC(=O)CCCCCCCCCCC/C=C\C/C=C\CCCCC)OC(=O)CCCCCCCCCCC. The van der Waals surface area contributed by atoms with E-state index in [1.165, 1.54) is 83.5 Å². The lowest BCUT2D eigenvalue weighted by atomic mass is 9.98. The van der Waals surface area contributed by atoms with Gasteiger partial charge in [0.15, 0.2) is 24.6 Å². The van der Waals surface area contributed by atoms with E-state index in [9.17, 15) is 34.5 Å². The minimum Gasteiger partial charge on any atom is -0.479 e. The third kappa shape index (κ3) is 40.8. The zero-order chi connectivity index (χ0) is 54.7. The maximum atomic E-state index is 13.1. The predicted octanol–water partition coefficient (Wildman–Crippen LogP) is 15.1. The molecule has 0 aromatic heterocycles. The van der Waals surface area contributed by atoms with Crippen LogP contribution in [-0.2, 0) is 42.9 Å². The molecule has 0 amide bonds. The van der Waals surface area contributed by atoms with Crippen molar-refractivity contribution in [2.45, 2.75) is 276 Å². The number of hydrogen-bond donors (Lipinski definition) is 3. The minimum atomic E-state index is -1.91. The molecule has 1 aliphatic rings. The van der Waals surface area contributed by atoms with Crippen LogP contribution in [-0.4, -0.2) is 89.2 Å². The van der Waals surface area contributed by atoms with Gasteiger partial charge in [0.25, 0.3) is 0 Å². The van der Waals surface area contributed by atoms with Crippen molar-refractivity contribution in [3.63, 3.8) is 0 Å². The number of hydrogen-bond acceptors (Lipinski definition) is 11. The Kier molecular flexibility index (Phi) is 46.6. The highest BCUT2D eigenvalue weighted by Gasteiger charge is 2.50. The molecule has 6 atom stereocenters. The molecule has 6 unspecified atom stereocenters. The van der Waals surface area contributed by atoms with E-state index in [-0.39, 0.29) is 25.9 Å². The molecule has 0 saturated carbocycles. The van der Waals surface area contributed by atoms with Crippen LogP contribution in [0.1, 0.15) is 239 Å². The van der Waals surface area contributed by atoms with E-state index in [0.29, 0.717) is 25.7 Å². The molecule has 12 nitrogen and oxygen atoms in total. The molecule has 1 aliphatic heterocycles. The number of allylic oxidation sites excluding steroid dienone is 14. The van der Waals surface area contributed by atoms with Crippen molar-refractivity contribution in [1.29, 1.82) is 0 Å². The highest BCUT2D eigenvalue weighted by molar-refractivity contribution is 5.74. The molecule has 0 aromatic rings. The predicted molar refractivity (Wildman–Crippen MR) is 303 cm³/mol. The van der Waals surface area contributed by atoms with Gasteiger partial charge in [-0.05, 0) is 89.9 Å². The number of aliphatic hydroxyl groups is 2. The first-order valence-corrected chi connectivity index (χ1v) is 29.6. The van der Waals surface area contributed by atoms with Crippen molar-refractivity contribution in [3.05, 3.63) is 85.1 Å². The smallest absolute Gasteiger partial charge is 0.335 e. The number of carboxylic acids is 1. The Hall–Kier alpha value is -4.10. The second-order valence-electron chi connectivity index (χ2n) is 19.9. The van der Waals surface area contributed by atoms with Crippen LogP contribution < -0.4 is 0 Å². The van der Waals surface area contributed by atoms with E-state index in [4.69, 9.17) is 23.7 Å². The Balaban J connectivity index is 2.67. The van der Waals surface area contributed by atoms with Gasteiger partial charge in [0.05, 0.1) is 6.61 Å². The van der Waals surface area contributed by atoms with Crippen LogP contribution in [0.4, 0.5) is 0 Å². The summed E-state index contributed by atoms with van der Waals surface area (Å²) in [5.74, 6) is -3.20. The fourth-order valence-corrected chi connectivity index (χ4v) is 8.43. The fourth-order valence-electron chi connectivity index (χ4n) is 8.43. The number of ether oxygens (including phenoxy) is 5. The first-order chi connectivity index (χ1) is 36.6. The molecule has 428 valence electrons. The molecule has 0 bridgehead atoms. The quantitative estimate of drug-likeness (QED) is 0.0228. The summed E-state index contributed by atoms with van der Waals surface area (Å²) in [6.45, 7) is 5.78. The van der Waals surface area contributed by atoms with Crippen LogP contribution in [0.3, 0.4) is 0 Å². The van der Waals surface area contributed by atoms with Gasteiger partial charge >= 0.3 is 23.9 Å². The van der Waals surface area contributed by atoms with Gasteiger partial charge in [-0.15, -0.1) is 0 Å². The van der Waals surface area contributed by atoms with Crippen LogP contribution in [0.5, 0.6) is 0 Å². The summed E-state index contributed by atoms with van der Waals surface area (Å²) in [5, 5.41) is 31.5. The largest absolute Gasteiger partial charge is 0.479 e. The maximum absolute atomic E-state index is 13.1. The van der Waals surface area contributed by atoms with E-state index in [0.717, 1.165) is 89.9 Å². The monoisotopic (exact) mass is 1050 g/mol. The van der Waals surface area contributed by atoms with Gasteiger partial charge < -0.3 is 39.0 Å². The maximum Gasteiger partial charge on any atom is 0.335 e. The number of aliphatic carboxylic acids is 1. The van der Waals surface area contributed by atoms with Crippen molar-refractivity contribution in [2.75, 3.05) is 13.2 Å². The molecule has 12 heteroatoms. The number of rotatable bonds is 49. The lowest BCUT2D eigenvalue weighted by Crippen LogP contribution is -2.61. The van der Waals surface area contributed by atoms with Crippen LogP contribution in [0.15, 0.2) is 85.1 Å². The van der Waals surface area contributed by atoms with Gasteiger partial charge in [-0.25, -0.2) is 4.79 Å². The lowest BCUT2D eigenvalue weighted by Gasteiger charge is -2.40. The standard InChI is InChI=1S/C63H104O12/c1-4-7-10-13-16-19-21-23-25-27-28-30-32-34-36-39-42-45-48-51-57(66)74-61-59(68)58(67)60(62(69)70)75-63(61)72-53-54(73-56(65)50-47-44-41-37-18-15-12-9-6-3)52-71-55(64)49-46-43-40-38-35-33-31-29-26-24-22-20-17-14-11-8-5-2/h8,11,16-17,19-20,23-26,31,33,38,40,54,58-61,63,67-68H,4-7,9-10,12-15,18,21-22,27-30,32,34-37,39,41-53H2,1-3H3,(H,69,70)/b11-8-,19-16-,20-17-,25-23-,26-24-,33-31-,40-38-. The molecule has 0 spiro atoms. The Labute approximate surface area is 454 Å². The summed E-state index contributed by atoms with van der Waals surface area (Å²) in [7, 11) is 0. The number of unbranched alkanes of at least 4 members (excludes halogenated alkanes) is 21. The number of aliphatic hydroxyl groups excluding tert-OH is 2. The van der Waals surface area contributed by atoms with Crippen LogP contribution >= 0.6 is 0 Å². The van der Waals surface area contributed by atoms with Gasteiger partial charge in [0.2, 0.25) is 0 Å². The van der Waals surface area contributed by atoms with Gasteiger partial charge in [-0.1, -0.05) is 215 Å². The molecule has 1 heterocycles. The first kappa shape index (κ1) is 68.9. The van der Waals surface area contributed by atoms with Crippen molar-refractivity contribution < 1.29 is 58.2 Å². The molecule has 0 aliphatic carbocycles. The molecular weight excluding hydrogens is 949 g/mol. The third-order valence-corrected chi connectivity index (χ3v) is 13.0.